The number of benzene rings is 1. The maximum Gasteiger partial charge on any atom is 0.334 e. The summed E-state index contributed by atoms with van der Waals surface area (Å²) in [5.74, 6) is -1.58. The summed E-state index contributed by atoms with van der Waals surface area (Å²) in [4.78, 5) is 51.3. The fourth-order valence-corrected chi connectivity index (χ4v) is 3.75. The number of amides is 4. The maximum atomic E-state index is 13.0. The van der Waals surface area contributed by atoms with E-state index in [9.17, 15) is 24.3 Å². The standard InChI is InChI=1S/C22H33N5O7/c1-15-26(18(12-20(29)30)21(31)23-10-5-11-33-3)19(28)14-25(2)27(15)22(32)24-13-16-6-8-17(34-4)9-7-16/h6-9,15,18H,5,10-14H2,1-4H3,(H,23,31)(H,24,32)(H,29,30)/t15-,18-/m0/s1. The van der Waals surface area contributed by atoms with Gasteiger partial charge in [0.15, 0.2) is 0 Å². The van der Waals surface area contributed by atoms with Gasteiger partial charge in [0, 0.05) is 33.9 Å². The van der Waals surface area contributed by atoms with Crippen LogP contribution >= 0.6 is 0 Å². The summed E-state index contributed by atoms with van der Waals surface area (Å²) in [6, 6.07) is 5.42. The second-order valence-corrected chi connectivity index (χ2v) is 7.85. The fourth-order valence-electron chi connectivity index (χ4n) is 3.75. The minimum atomic E-state index is -1.27. The van der Waals surface area contributed by atoms with Crippen molar-refractivity contribution >= 4 is 23.8 Å². The minimum Gasteiger partial charge on any atom is -0.497 e. The number of urea groups is 1. The van der Waals surface area contributed by atoms with E-state index >= 15 is 0 Å². The van der Waals surface area contributed by atoms with Crippen LogP contribution in [0.25, 0.3) is 0 Å². The lowest BCUT2D eigenvalue weighted by molar-refractivity contribution is -0.171. The van der Waals surface area contributed by atoms with Crippen molar-refractivity contribution in [1.29, 1.82) is 0 Å². The number of hydrogen-bond donors (Lipinski definition) is 3. The monoisotopic (exact) mass is 479 g/mol. The number of hydrazine groups is 1. The van der Waals surface area contributed by atoms with Crippen LogP contribution in [0.4, 0.5) is 4.79 Å². The van der Waals surface area contributed by atoms with E-state index in [0.29, 0.717) is 18.8 Å². The lowest BCUT2D eigenvalue weighted by Gasteiger charge is -2.48. The Morgan fingerprint density at radius 3 is 2.44 bits per heavy atom. The molecule has 34 heavy (non-hydrogen) atoms. The van der Waals surface area contributed by atoms with Gasteiger partial charge in [-0.25, -0.2) is 14.8 Å². The Kier molecular flexibility index (Phi) is 10.1. The third-order valence-corrected chi connectivity index (χ3v) is 5.42. The average molecular weight is 480 g/mol. The summed E-state index contributed by atoms with van der Waals surface area (Å²) in [7, 11) is 4.68. The van der Waals surface area contributed by atoms with E-state index in [1.165, 1.54) is 17.1 Å². The van der Waals surface area contributed by atoms with E-state index in [0.717, 1.165) is 10.5 Å². The van der Waals surface area contributed by atoms with Crippen molar-refractivity contribution in [3.8, 4) is 5.75 Å². The van der Waals surface area contributed by atoms with Crippen molar-refractivity contribution in [3.05, 3.63) is 29.8 Å². The predicted octanol–water partition coefficient (Wildman–Crippen LogP) is 0.238. The number of nitrogens with zero attached hydrogens (tertiary/aromatic N) is 3. The highest BCUT2D eigenvalue weighted by Gasteiger charge is 2.43. The van der Waals surface area contributed by atoms with E-state index in [1.54, 1.807) is 33.2 Å². The Bertz CT molecular complexity index is 864. The lowest BCUT2D eigenvalue weighted by atomic mass is 10.1. The van der Waals surface area contributed by atoms with E-state index in [2.05, 4.69) is 10.6 Å². The fraction of sp³-hybridized carbons (Fsp3) is 0.545. The highest BCUT2D eigenvalue weighted by atomic mass is 16.5. The molecule has 3 N–H and O–H groups in total. The van der Waals surface area contributed by atoms with Crippen LogP contribution in [0.3, 0.4) is 0 Å². The molecule has 1 saturated heterocycles. The summed E-state index contributed by atoms with van der Waals surface area (Å²) in [5.41, 5.74) is 0.841. The molecule has 1 aromatic rings. The molecule has 0 spiro atoms. The quantitative estimate of drug-likeness (QED) is 0.383. The molecule has 0 saturated carbocycles. The van der Waals surface area contributed by atoms with Gasteiger partial charge < -0.3 is 30.1 Å². The molecular weight excluding hydrogens is 446 g/mol. The number of carbonyl (C=O) groups excluding carboxylic acids is 3. The first-order valence-electron chi connectivity index (χ1n) is 10.9. The number of nitrogens with one attached hydrogen (secondary N) is 2. The molecule has 0 aromatic heterocycles. The SMILES string of the molecule is COCCCNC(=O)[C@H](CC(=O)O)N1C(=O)CN(C)N(C(=O)NCc2ccc(OC)cc2)[C@H]1C. The zero-order valence-corrected chi connectivity index (χ0v) is 19.9. The number of carboxylic acids is 1. The molecule has 12 nitrogen and oxygen atoms in total. The summed E-state index contributed by atoms with van der Waals surface area (Å²) < 4.78 is 10.1. The lowest BCUT2D eigenvalue weighted by Crippen LogP contribution is -2.69. The Hall–Kier alpha value is -3.38. The van der Waals surface area contributed by atoms with Crippen LogP contribution < -0.4 is 15.4 Å². The molecule has 4 amide bonds. The highest BCUT2D eigenvalue weighted by Crippen LogP contribution is 2.21. The summed E-state index contributed by atoms with van der Waals surface area (Å²) in [6.45, 7) is 2.31. The molecule has 2 rings (SSSR count). The third-order valence-electron chi connectivity index (χ3n) is 5.42. The van der Waals surface area contributed by atoms with Crippen molar-refractivity contribution in [2.75, 3.05) is 41.0 Å². The van der Waals surface area contributed by atoms with Gasteiger partial charge in [0.25, 0.3) is 0 Å². The molecule has 1 aromatic carbocycles. The first-order chi connectivity index (χ1) is 16.2. The Labute approximate surface area is 198 Å². The molecule has 188 valence electrons. The highest BCUT2D eigenvalue weighted by molar-refractivity contribution is 5.92. The largest absolute Gasteiger partial charge is 0.497 e. The predicted molar refractivity (Wildman–Crippen MR) is 122 cm³/mol. The first kappa shape index (κ1) is 26.9. The second kappa shape index (κ2) is 12.8. The van der Waals surface area contributed by atoms with Crippen molar-refractivity contribution in [2.24, 2.45) is 0 Å². The number of likely N-dealkylation sites (N-methyl/N-ethyl adjacent to an activating group) is 1. The number of rotatable bonds is 11. The van der Waals surface area contributed by atoms with Crippen molar-refractivity contribution in [3.63, 3.8) is 0 Å². The first-order valence-corrected chi connectivity index (χ1v) is 10.9. The molecule has 1 heterocycles. The van der Waals surface area contributed by atoms with E-state index in [-0.39, 0.29) is 19.6 Å². The van der Waals surface area contributed by atoms with Gasteiger partial charge in [-0.2, -0.15) is 0 Å². The molecule has 12 heteroatoms. The normalized spacial score (nSPS) is 17.3. The molecule has 0 radical (unpaired) electrons. The van der Waals surface area contributed by atoms with Gasteiger partial charge in [-0.1, -0.05) is 12.1 Å². The van der Waals surface area contributed by atoms with Gasteiger partial charge in [0.05, 0.1) is 20.1 Å². The van der Waals surface area contributed by atoms with Crippen LogP contribution in [0.15, 0.2) is 24.3 Å². The molecule has 1 aliphatic heterocycles. The minimum absolute atomic E-state index is 0.187. The number of methoxy groups -OCH3 is 2. The second-order valence-electron chi connectivity index (χ2n) is 7.85. The average Bonchev–Trinajstić information content (AvgIpc) is 2.79. The topological polar surface area (TPSA) is 141 Å². The van der Waals surface area contributed by atoms with Crippen LogP contribution in [-0.2, 0) is 25.7 Å². The third kappa shape index (κ3) is 7.06. The molecule has 0 unspecified atom stereocenters. The Morgan fingerprint density at radius 1 is 1.18 bits per heavy atom. The maximum absolute atomic E-state index is 13.0. The smallest absolute Gasteiger partial charge is 0.334 e. The van der Waals surface area contributed by atoms with Gasteiger partial charge in [0.2, 0.25) is 11.8 Å². The zero-order chi connectivity index (χ0) is 25.3. The number of carboxylic acid groups (broad SMARTS) is 1. The van der Waals surface area contributed by atoms with Crippen LogP contribution in [-0.4, -0.2) is 97.0 Å². The van der Waals surface area contributed by atoms with Crippen LogP contribution in [0.2, 0.25) is 0 Å². The van der Waals surface area contributed by atoms with Crippen LogP contribution in [0, 0.1) is 0 Å². The number of carbonyl (C=O) groups is 4. The Balaban J connectivity index is 2.14. The van der Waals surface area contributed by atoms with Crippen molar-refractivity contribution < 1.29 is 33.8 Å². The van der Waals surface area contributed by atoms with Crippen LogP contribution in [0.5, 0.6) is 5.75 Å². The summed E-state index contributed by atoms with van der Waals surface area (Å²) >= 11 is 0. The molecule has 2 atom stereocenters. The molecule has 0 bridgehead atoms. The Morgan fingerprint density at radius 2 is 1.85 bits per heavy atom. The van der Waals surface area contributed by atoms with E-state index in [4.69, 9.17) is 9.47 Å². The summed E-state index contributed by atoms with van der Waals surface area (Å²) in [6.07, 6.45) is -0.943. The number of hydrogen-bond acceptors (Lipinski definition) is 7. The van der Waals surface area contributed by atoms with Gasteiger partial charge >= 0.3 is 12.0 Å². The molecule has 1 aliphatic rings. The summed E-state index contributed by atoms with van der Waals surface area (Å²) in [5, 5.41) is 17.6. The molecule has 0 aliphatic carbocycles. The van der Waals surface area contributed by atoms with Crippen molar-refractivity contribution in [2.45, 2.75) is 38.5 Å². The molecular formula is C22H33N5O7. The molecule has 1 fully saturated rings. The van der Waals surface area contributed by atoms with E-state index in [1.807, 2.05) is 12.1 Å². The van der Waals surface area contributed by atoms with Gasteiger partial charge in [0.1, 0.15) is 18.0 Å². The van der Waals surface area contributed by atoms with Gasteiger partial charge in [-0.3, -0.25) is 14.4 Å². The van der Waals surface area contributed by atoms with Gasteiger partial charge in [-0.05, 0) is 31.0 Å². The zero-order valence-electron chi connectivity index (χ0n) is 19.9. The van der Waals surface area contributed by atoms with Crippen LogP contribution in [0.1, 0.15) is 25.3 Å². The number of aliphatic carboxylic acids is 1. The van der Waals surface area contributed by atoms with E-state index < -0.39 is 42.4 Å². The number of ether oxygens (including phenoxy) is 2. The van der Waals surface area contributed by atoms with Crippen molar-refractivity contribution in [1.82, 2.24) is 25.6 Å². The van der Waals surface area contributed by atoms with Gasteiger partial charge in [-0.15, -0.1) is 0 Å².